The fourth-order valence-corrected chi connectivity index (χ4v) is 12.7. The molecule has 1 saturated heterocycles. The van der Waals surface area contributed by atoms with E-state index in [0.717, 1.165) is 75.2 Å². The molecule has 0 spiro atoms. The van der Waals surface area contributed by atoms with Crippen LogP contribution < -0.4 is 5.32 Å². The minimum Gasteiger partial charge on any atom is -0.478 e. The number of fused-ring (bicyclic) bond motifs is 5. The molecule has 1 amide bonds. The van der Waals surface area contributed by atoms with Gasteiger partial charge in [-0.25, -0.2) is 9.59 Å². The summed E-state index contributed by atoms with van der Waals surface area (Å²) >= 11 is 0. The smallest absolute Gasteiger partial charge is 0.407 e. The summed E-state index contributed by atoms with van der Waals surface area (Å²) in [5, 5.41) is 13.0. The molecule has 6 unspecified atom stereocenters. The lowest BCUT2D eigenvalue weighted by Gasteiger charge is -2.65. The van der Waals surface area contributed by atoms with E-state index in [2.05, 4.69) is 50.9 Å². The van der Waals surface area contributed by atoms with Gasteiger partial charge in [-0.1, -0.05) is 59.2 Å². The number of nitrogens with one attached hydrogen (secondary N) is 1. The Hall–Kier alpha value is -2.19. The number of allylic oxidation sites excluding steroid dienone is 2. The number of carboxylic acid groups (broad SMARTS) is 1. The number of unbranched alkanes of at least 4 members (excludes halogenated alkanes) is 1. The summed E-state index contributed by atoms with van der Waals surface area (Å²) in [5.74, 6) is 2.96. The zero-order valence-corrected chi connectivity index (χ0v) is 32.4. The number of carbonyl (C=O) groups excluding carboxylic acids is 1. The number of ether oxygens (including phenoxy) is 1. The van der Waals surface area contributed by atoms with Crippen LogP contribution in [0.25, 0.3) is 5.57 Å². The topological polar surface area (TPSA) is 95.9 Å². The van der Waals surface area contributed by atoms with Crippen molar-refractivity contribution < 1.29 is 23.6 Å². The van der Waals surface area contributed by atoms with Gasteiger partial charge < -0.3 is 20.1 Å². The molecule has 1 aromatic rings. The van der Waals surface area contributed by atoms with Crippen molar-refractivity contribution in [3.63, 3.8) is 0 Å². The van der Waals surface area contributed by atoms with E-state index in [1.165, 1.54) is 50.5 Å². The minimum absolute atomic E-state index is 0.0323. The van der Waals surface area contributed by atoms with Crippen molar-refractivity contribution >= 4 is 28.4 Å². The Morgan fingerprint density at radius 3 is 2.36 bits per heavy atom. The first-order chi connectivity index (χ1) is 23.8. The maximum atomic E-state index is 13.3. The molecule has 1 aliphatic heterocycles. The van der Waals surface area contributed by atoms with E-state index in [1.807, 2.05) is 12.1 Å². The van der Waals surface area contributed by atoms with Crippen LogP contribution in [0.1, 0.15) is 134 Å². The van der Waals surface area contributed by atoms with Gasteiger partial charge in [0.2, 0.25) is 0 Å². The number of amides is 1. The van der Waals surface area contributed by atoms with E-state index in [0.29, 0.717) is 35.8 Å². The number of alkyl carbamates (subject to hydrolysis) is 1. The quantitative estimate of drug-likeness (QED) is 0.262. The maximum absolute atomic E-state index is 13.3. The molecule has 8 heteroatoms. The van der Waals surface area contributed by atoms with E-state index in [4.69, 9.17) is 4.74 Å². The molecule has 4 aliphatic carbocycles. The second-order valence-electron chi connectivity index (χ2n) is 17.8. The van der Waals surface area contributed by atoms with Gasteiger partial charge >= 0.3 is 12.1 Å². The molecule has 0 aromatic heterocycles. The number of hydrogen-bond donors (Lipinski definition) is 2. The number of carboxylic acids is 1. The van der Waals surface area contributed by atoms with Gasteiger partial charge in [-0.3, -0.25) is 4.21 Å². The molecule has 278 valence electrons. The van der Waals surface area contributed by atoms with E-state index in [9.17, 15) is 18.9 Å². The first-order valence-electron chi connectivity index (χ1n) is 19.9. The van der Waals surface area contributed by atoms with Crippen LogP contribution in [0.15, 0.2) is 30.3 Å². The number of hydrogen-bond acceptors (Lipinski definition) is 5. The SMILES string of the molecule is CC1CCC2(C)C(CC/C=C(/c3ccc(C(=O)O)cc3)C1(C)C)CCC1C3CCCC3(NC(=O)OCCCCN3CCS(=O)CC3)CC[C@]12C. The Morgan fingerprint density at radius 1 is 0.900 bits per heavy atom. The third-order valence-corrected chi connectivity index (χ3v) is 16.6. The second-order valence-corrected chi connectivity index (χ2v) is 19.5. The van der Waals surface area contributed by atoms with Crippen LogP contribution in [0.4, 0.5) is 4.79 Å². The Labute approximate surface area is 304 Å². The Morgan fingerprint density at radius 2 is 1.64 bits per heavy atom. The van der Waals surface area contributed by atoms with Gasteiger partial charge in [-0.2, -0.15) is 0 Å². The van der Waals surface area contributed by atoms with Crippen LogP contribution in [0.3, 0.4) is 0 Å². The molecule has 1 heterocycles. The van der Waals surface area contributed by atoms with Crippen molar-refractivity contribution in [2.45, 2.75) is 124 Å². The van der Waals surface area contributed by atoms with Crippen LogP contribution >= 0.6 is 0 Å². The highest BCUT2D eigenvalue weighted by Crippen LogP contribution is 2.69. The molecule has 1 aromatic carbocycles. The molecular formula is C42H64N2O5S. The van der Waals surface area contributed by atoms with E-state index < -0.39 is 16.8 Å². The van der Waals surface area contributed by atoms with E-state index in [1.54, 1.807) is 12.1 Å². The first-order valence-corrected chi connectivity index (χ1v) is 21.3. The van der Waals surface area contributed by atoms with Gasteiger partial charge in [0.15, 0.2) is 0 Å². The summed E-state index contributed by atoms with van der Waals surface area (Å²) in [7, 11) is -0.643. The average Bonchev–Trinajstić information content (AvgIpc) is 3.50. The van der Waals surface area contributed by atoms with Crippen molar-refractivity contribution in [3.8, 4) is 0 Å². The van der Waals surface area contributed by atoms with Gasteiger partial charge in [0.1, 0.15) is 0 Å². The molecule has 7 nitrogen and oxygen atoms in total. The Kier molecular flexibility index (Phi) is 11.3. The molecule has 5 aliphatic rings. The van der Waals surface area contributed by atoms with Crippen molar-refractivity contribution in [1.29, 1.82) is 0 Å². The fourth-order valence-electron chi connectivity index (χ4n) is 11.5. The van der Waals surface area contributed by atoms with Gasteiger partial charge in [0, 0.05) is 40.9 Å². The van der Waals surface area contributed by atoms with Crippen LogP contribution in [0, 0.1) is 39.9 Å². The standard InChI is InChI=1S/C42H64N2O5S/c1-30-19-21-40(4)33(10-8-11-34(39(30,2)3)31-13-15-32(16-14-31)37(45)46)17-18-35-36-12-9-20-42(36,23-22-41(35,40)5)43-38(47)49-27-7-6-24-44-25-28-50(48)29-26-44/h11,13-16,30,33,35-36H,6-10,12,17-29H2,1-5H3,(H,43,47)(H,45,46)/b34-11-/t30?,33?,35?,36?,40?,41-,42?/m1/s1. The zero-order valence-electron chi connectivity index (χ0n) is 31.6. The molecule has 6 rings (SSSR count). The number of carbonyl (C=O) groups is 2. The van der Waals surface area contributed by atoms with Crippen molar-refractivity contribution in [1.82, 2.24) is 10.2 Å². The minimum atomic E-state index is -0.878. The molecule has 7 atom stereocenters. The van der Waals surface area contributed by atoms with Gasteiger partial charge in [-0.05, 0) is 147 Å². The van der Waals surface area contributed by atoms with Crippen LogP contribution in [0.5, 0.6) is 0 Å². The van der Waals surface area contributed by atoms with E-state index in [-0.39, 0.29) is 27.9 Å². The van der Waals surface area contributed by atoms with Crippen molar-refractivity contribution in [3.05, 3.63) is 41.5 Å². The first kappa shape index (κ1) is 37.6. The lowest BCUT2D eigenvalue weighted by Crippen LogP contribution is -2.64. The highest BCUT2D eigenvalue weighted by molar-refractivity contribution is 7.85. The van der Waals surface area contributed by atoms with Crippen molar-refractivity contribution in [2.75, 3.05) is 37.7 Å². The summed E-state index contributed by atoms with van der Waals surface area (Å²) in [6.45, 7) is 15.8. The lowest BCUT2D eigenvalue weighted by molar-refractivity contribution is -0.153. The molecule has 4 fully saturated rings. The molecular weight excluding hydrogens is 645 g/mol. The predicted octanol–water partition coefficient (Wildman–Crippen LogP) is 8.95. The van der Waals surface area contributed by atoms with Crippen molar-refractivity contribution in [2.24, 2.45) is 39.9 Å². The van der Waals surface area contributed by atoms with Crippen LogP contribution in [-0.4, -0.2) is 69.6 Å². The predicted molar refractivity (Wildman–Crippen MR) is 203 cm³/mol. The summed E-state index contributed by atoms with van der Waals surface area (Å²) in [4.78, 5) is 27.2. The lowest BCUT2D eigenvalue weighted by atomic mass is 9.40. The number of benzene rings is 1. The monoisotopic (exact) mass is 708 g/mol. The number of rotatable bonds is 8. The fraction of sp³-hybridized carbons (Fsp3) is 0.762. The second kappa shape index (κ2) is 15.0. The Balaban J connectivity index is 1.12. The summed E-state index contributed by atoms with van der Waals surface area (Å²) in [5.41, 5.74) is 3.17. The summed E-state index contributed by atoms with van der Waals surface area (Å²) in [6, 6.07) is 7.52. The van der Waals surface area contributed by atoms with Crippen LogP contribution in [-0.2, 0) is 15.5 Å². The summed E-state index contributed by atoms with van der Waals surface area (Å²) < 4.78 is 17.5. The molecule has 0 radical (unpaired) electrons. The Bertz CT molecular complexity index is 1430. The van der Waals surface area contributed by atoms with Crippen LogP contribution in [0.2, 0.25) is 0 Å². The van der Waals surface area contributed by atoms with Gasteiger partial charge in [0.25, 0.3) is 0 Å². The zero-order chi connectivity index (χ0) is 35.7. The van der Waals surface area contributed by atoms with Gasteiger partial charge in [-0.15, -0.1) is 0 Å². The maximum Gasteiger partial charge on any atom is 0.407 e. The number of nitrogens with zero attached hydrogens (tertiary/aromatic N) is 1. The largest absolute Gasteiger partial charge is 0.478 e. The number of aromatic carboxylic acids is 1. The van der Waals surface area contributed by atoms with Gasteiger partial charge in [0.05, 0.1) is 12.2 Å². The average molecular weight is 709 g/mol. The van der Waals surface area contributed by atoms with E-state index >= 15 is 0 Å². The molecule has 3 saturated carbocycles. The molecule has 2 N–H and O–H groups in total. The highest BCUT2D eigenvalue weighted by Gasteiger charge is 2.64. The third kappa shape index (κ3) is 7.23. The normalized spacial score (nSPS) is 37.3. The molecule has 0 bridgehead atoms. The third-order valence-electron chi connectivity index (χ3n) is 15.3. The highest BCUT2D eigenvalue weighted by atomic mass is 32.2. The summed E-state index contributed by atoms with van der Waals surface area (Å²) in [6.07, 6.45) is 17.0. The molecule has 50 heavy (non-hydrogen) atoms.